The predicted octanol–water partition coefficient (Wildman–Crippen LogP) is 4.54. The zero-order valence-electron chi connectivity index (χ0n) is 22.1. The first kappa shape index (κ1) is 24.2. The number of rotatable bonds is 6. The summed E-state index contributed by atoms with van der Waals surface area (Å²) >= 11 is 1.51. The second-order valence-electron chi connectivity index (χ2n) is 10.8. The van der Waals surface area contributed by atoms with E-state index in [0.717, 1.165) is 60.5 Å². The molecule has 39 heavy (non-hydrogen) atoms. The lowest BCUT2D eigenvalue weighted by Crippen LogP contribution is -2.63. The first-order valence-electron chi connectivity index (χ1n) is 13.6. The molecule has 1 saturated carbocycles. The molecular formula is C28H31N9OS. The monoisotopic (exact) mass is 541 g/mol. The minimum Gasteiger partial charge on any atom is -0.337 e. The molecule has 4 aromatic heterocycles. The van der Waals surface area contributed by atoms with Crippen molar-refractivity contribution in [2.24, 2.45) is 7.05 Å². The van der Waals surface area contributed by atoms with E-state index in [4.69, 9.17) is 0 Å². The molecule has 1 aliphatic carbocycles. The molecule has 3 aliphatic rings. The van der Waals surface area contributed by atoms with Gasteiger partial charge in [-0.15, -0.1) is 11.3 Å². The van der Waals surface area contributed by atoms with Gasteiger partial charge in [-0.05, 0) is 68.7 Å². The number of aryl methyl sites for hydroxylation is 2. The number of nitrogens with one attached hydrogen (secondary N) is 1. The van der Waals surface area contributed by atoms with Gasteiger partial charge in [0.15, 0.2) is 5.13 Å². The van der Waals surface area contributed by atoms with Gasteiger partial charge in [-0.3, -0.25) is 9.48 Å². The van der Waals surface area contributed by atoms with Crippen molar-refractivity contribution in [2.45, 2.75) is 57.0 Å². The van der Waals surface area contributed by atoms with E-state index in [-0.39, 0.29) is 18.0 Å². The topological polar surface area (TPSA) is 105 Å². The van der Waals surface area contributed by atoms with Crippen molar-refractivity contribution in [2.75, 3.05) is 23.3 Å². The van der Waals surface area contributed by atoms with E-state index >= 15 is 0 Å². The van der Waals surface area contributed by atoms with Crippen LogP contribution in [0.4, 0.5) is 16.9 Å². The summed E-state index contributed by atoms with van der Waals surface area (Å²) in [5.74, 6) is 2.14. The normalized spacial score (nSPS) is 20.8. The molecule has 4 aromatic rings. The predicted molar refractivity (Wildman–Crippen MR) is 150 cm³/mol. The fourth-order valence-corrected chi connectivity index (χ4v) is 6.59. The lowest BCUT2D eigenvalue weighted by molar-refractivity contribution is 0.0390. The van der Waals surface area contributed by atoms with Crippen LogP contribution >= 0.6 is 11.3 Å². The van der Waals surface area contributed by atoms with Gasteiger partial charge in [0, 0.05) is 56.2 Å². The first-order chi connectivity index (χ1) is 19.0. The third-order valence-electron chi connectivity index (χ3n) is 7.96. The van der Waals surface area contributed by atoms with Gasteiger partial charge in [0.25, 0.3) is 5.91 Å². The number of thiazole rings is 1. The van der Waals surface area contributed by atoms with Crippen LogP contribution in [-0.2, 0) is 7.05 Å². The van der Waals surface area contributed by atoms with E-state index in [9.17, 15) is 4.79 Å². The number of piperidine rings is 1. The number of carbonyl (C=O) groups excluding carboxylic acids is 1. The van der Waals surface area contributed by atoms with Crippen molar-refractivity contribution in [3.05, 3.63) is 59.0 Å². The summed E-state index contributed by atoms with van der Waals surface area (Å²) in [6, 6.07) is 6.03. The maximum atomic E-state index is 13.6. The van der Waals surface area contributed by atoms with Gasteiger partial charge in [-0.1, -0.05) is 0 Å². The molecule has 0 aromatic carbocycles. The first-order valence-corrected chi connectivity index (χ1v) is 14.5. The van der Waals surface area contributed by atoms with E-state index in [1.54, 1.807) is 6.20 Å². The summed E-state index contributed by atoms with van der Waals surface area (Å²) in [5.41, 5.74) is 4.65. The third-order valence-corrected chi connectivity index (χ3v) is 8.72. The zero-order valence-corrected chi connectivity index (χ0v) is 22.9. The van der Waals surface area contributed by atoms with Crippen LogP contribution in [0.25, 0.3) is 11.4 Å². The van der Waals surface area contributed by atoms with Crippen molar-refractivity contribution in [1.29, 1.82) is 0 Å². The molecule has 200 valence electrons. The van der Waals surface area contributed by atoms with Crippen LogP contribution in [0.3, 0.4) is 0 Å². The molecule has 0 unspecified atom stereocenters. The lowest BCUT2D eigenvalue weighted by Gasteiger charge is -2.50. The molecule has 0 spiro atoms. The van der Waals surface area contributed by atoms with Crippen LogP contribution in [-0.4, -0.2) is 65.7 Å². The van der Waals surface area contributed by atoms with Gasteiger partial charge in [0.05, 0.1) is 17.0 Å². The Morgan fingerprint density at radius 2 is 1.79 bits per heavy atom. The van der Waals surface area contributed by atoms with E-state index in [0.29, 0.717) is 17.3 Å². The molecule has 6 heterocycles. The Kier molecular flexibility index (Phi) is 6.03. The van der Waals surface area contributed by atoms with Gasteiger partial charge in [0.2, 0.25) is 5.95 Å². The number of nitrogens with zero attached hydrogens (tertiary/aromatic N) is 8. The van der Waals surface area contributed by atoms with Crippen molar-refractivity contribution < 1.29 is 4.79 Å². The number of amides is 1. The van der Waals surface area contributed by atoms with Gasteiger partial charge >= 0.3 is 0 Å². The van der Waals surface area contributed by atoms with Crippen molar-refractivity contribution in [3.8, 4) is 11.4 Å². The summed E-state index contributed by atoms with van der Waals surface area (Å²) in [6.07, 6.45) is 11.3. The largest absolute Gasteiger partial charge is 0.337 e. The number of piperazine rings is 1. The van der Waals surface area contributed by atoms with E-state index in [2.05, 4.69) is 40.2 Å². The smallest absolute Gasteiger partial charge is 0.256 e. The van der Waals surface area contributed by atoms with Crippen molar-refractivity contribution in [1.82, 2.24) is 34.6 Å². The summed E-state index contributed by atoms with van der Waals surface area (Å²) in [7, 11) is 1.92. The quantitative estimate of drug-likeness (QED) is 0.379. The number of pyridine rings is 1. The fourth-order valence-electron chi connectivity index (χ4n) is 5.88. The fraction of sp³-hybridized carbons (Fsp3) is 0.429. The molecule has 11 heteroatoms. The molecule has 2 saturated heterocycles. The van der Waals surface area contributed by atoms with Crippen LogP contribution in [0.2, 0.25) is 0 Å². The Hall–Kier alpha value is -3.86. The van der Waals surface area contributed by atoms with Gasteiger partial charge in [0.1, 0.15) is 11.5 Å². The second kappa shape index (κ2) is 9.71. The Balaban J connectivity index is 1.02. The molecule has 10 nitrogen and oxygen atoms in total. The molecule has 3 fully saturated rings. The number of hydrogen-bond donors (Lipinski definition) is 1. The Labute approximate surface area is 231 Å². The molecule has 1 amide bonds. The highest BCUT2D eigenvalue weighted by molar-refractivity contribution is 7.14. The molecule has 7 rings (SSSR count). The van der Waals surface area contributed by atoms with Crippen LogP contribution in [0.5, 0.6) is 0 Å². The molecule has 2 bridgehead atoms. The number of aromatic nitrogens is 6. The number of carbonyl (C=O) groups is 1. The molecule has 2 atom stereocenters. The van der Waals surface area contributed by atoms with Crippen LogP contribution in [0, 0.1) is 6.92 Å². The minimum atomic E-state index is 0.0523. The average molecular weight is 542 g/mol. The van der Waals surface area contributed by atoms with Crippen LogP contribution < -0.4 is 10.2 Å². The van der Waals surface area contributed by atoms with Gasteiger partial charge in [-0.25, -0.2) is 19.9 Å². The second-order valence-corrected chi connectivity index (χ2v) is 11.7. The number of anilines is 3. The Morgan fingerprint density at radius 1 is 1.03 bits per heavy atom. The van der Waals surface area contributed by atoms with Crippen LogP contribution in [0.1, 0.15) is 59.6 Å². The summed E-state index contributed by atoms with van der Waals surface area (Å²) in [6.45, 7) is 3.50. The van der Waals surface area contributed by atoms with Gasteiger partial charge in [-0.2, -0.15) is 5.10 Å². The summed E-state index contributed by atoms with van der Waals surface area (Å²) in [5, 5.41) is 10.4. The standard InChI is InChI=1S/C28H31N9OS/c1-17-10-24(35(2)34-17)23-16-39-28(32-23)33-25-9-8-19(11-29-25)26(38)37-21-4-3-5-22(37)15-36(14-21)27-30-12-20(13-31-27)18-6-7-18/h8-13,16,18,21-22H,3-7,14-15H2,1-2H3,(H,29,32,33)/t21-,22+. The average Bonchev–Trinajstić information content (AvgIpc) is 3.60. The third kappa shape index (κ3) is 4.75. The minimum absolute atomic E-state index is 0.0523. The molecule has 2 aliphatic heterocycles. The number of fused-ring (bicyclic) bond motifs is 2. The Bertz CT molecular complexity index is 1480. The highest BCUT2D eigenvalue weighted by Crippen LogP contribution is 2.39. The highest BCUT2D eigenvalue weighted by Gasteiger charge is 2.41. The lowest BCUT2D eigenvalue weighted by atomic mass is 9.90. The van der Waals surface area contributed by atoms with E-state index in [1.165, 1.54) is 29.7 Å². The van der Waals surface area contributed by atoms with Crippen LogP contribution in [0.15, 0.2) is 42.2 Å². The maximum absolute atomic E-state index is 13.6. The molecular weight excluding hydrogens is 510 g/mol. The Morgan fingerprint density at radius 3 is 2.44 bits per heavy atom. The summed E-state index contributed by atoms with van der Waals surface area (Å²) in [4.78, 5) is 36.6. The maximum Gasteiger partial charge on any atom is 0.256 e. The highest BCUT2D eigenvalue weighted by atomic mass is 32.1. The van der Waals surface area contributed by atoms with Crippen molar-refractivity contribution >= 4 is 34.1 Å². The number of hydrogen-bond acceptors (Lipinski definition) is 9. The van der Waals surface area contributed by atoms with Crippen molar-refractivity contribution in [3.63, 3.8) is 0 Å². The van der Waals surface area contributed by atoms with E-state index in [1.807, 2.05) is 54.6 Å². The molecule has 0 radical (unpaired) electrons. The zero-order chi connectivity index (χ0) is 26.5. The SMILES string of the molecule is Cc1cc(-c2csc(Nc3ccc(C(=O)N4[C@@H]5CCC[C@H]4CN(c4ncc(C6CC6)cn4)C5)cn3)n2)n(C)n1. The molecule has 1 N–H and O–H groups in total. The van der Waals surface area contributed by atoms with Gasteiger partial charge < -0.3 is 15.1 Å². The summed E-state index contributed by atoms with van der Waals surface area (Å²) < 4.78 is 1.83. The van der Waals surface area contributed by atoms with E-state index < -0.39 is 0 Å².